The van der Waals surface area contributed by atoms with Gasteiger partial charge in [0.25, 0.3) is 5.91 Å². The minimum absolute atomic E-state index is 0.244. The summed E-state index contributed by atoms with van der Waals surface area (Å²) in [4.78, 5) is 37.8. The van der Waals surface area contributed by atoms with Crippen molar-refractivity contribution in [1.82, 2.24) is 0 Å². The van der Waals surface area contributed by atoms with Crippen molar-refractivity contribution in [2.24, 2.45) is 0 Å². The molecule has 2 aromatic rings. The number of Topliss-reactive ketones (excluding diaryl/α,β-unsaturated/α-hetero) is 1. The fourth-order valence-corrected chi connectivity index (χ4v) is 4.15. The van der Waals surface area contributed by atoms with E-state index in [1.807, 2.05) is 13.0 Å². The zero-order valence-electron chi connectivity index (χ0n) is 21.3. The molecule has 1 aliphatic heterocycles. The summed E-state index contributed by atoms with van der Waals surface area (Å²) in [6, 6.07) is 10.4. The van der Waals surface area contributed by atoms with E-state index >= 15 is 0 Å². The summed E-state index contributed by atoms with van der Waals surface area (Å²) in [6.45, 7) is 1.52. The number of aryl methyl sites for hydroxylation is 1. The van der Waals surface area contributed by atoms with Crippen LogP contribution in [0.25, 0.3) is 0 Å². The van der Waals surface area contributed by atoms with Crippen molar-refractivity contribution < 1.29 is 33.3 Å². The van der Waals surface area contributed by atoms with Crippen molar-refractivity contribution in [2.75, 3.05) is 26.1 Å². The van der Waals surface area contributed by atoms with Crippen LogP contribution in [0, 0.1) is 0 Å². The van der Waals surface area contributed by atoms with E-state index in [0.29, 0.717) is 54.9 Å². The van der Waals surface area contributed by atoms with E-state index in [1.54, 1.807) is 37.4 Å². The van der Waals surface area contributed by atoms with Crippen molar-refractivity contribution in [1.29, 1.82) is 0 Å². The van der Waals surface area contributed by atoms with Gasteiger partial charge in [0.2, 0.25) is 0 Å². The number of esters is 1. The SMILES string of the molecule is COc1ccc(NC(=O)COc2cc(OC)cc3c2C(=O)O[C@@H](C)CCCC(=O)CCCCC3)cc1. The third-order valence-electron chi connectivity index (χ3n) is 6.11. The minimum Gasteiger partial charge on any atom is -0.497 e. The van der Waals surface area contributed by atoms with E-state index in [-0.39, 0.29) is 30.2 Å². The van der Waals surface area contributed by atoms with Gasteiger partial charge in [-0.15, -0.1) is 0 Å². The molecule has 0 aromatic heterocycles. The van der Waals surface area contributed by atoms with Crippen LogP contribution < -0.4 is 19.5 Å². The van der Waals surface area contributed by atoms with Gasteiger partial charge < -0.3 is 24.3 Å². The molecule has 0 spiro atoms. The van der Waals surface area contributed by atoms with E-state index in [2.05, 4.69) is 5.32 Å². The Bertz CT molecular complexity index is 1050. The Morgan fingerprint density at radius 3 is 2.36 bits per heavy atom. The molecule has 1 aliphatic rings. The van der Waals surface area contributed by atoms with Crippen LogP contribution in [0.4, 0.5) is 5.69 Å². The third kappa shape index (κ3) is 8.00. The molecule has 194 valence electrons. The molecular formula is C28H35NO7. The number of anilines is 1. The number of ketones is 1. The molecule has 1 amide bonds. The maximum Gasteiger partial charge on any atom is 0.342 e. The Morgan fingerprint density at radius 1 is 0.944 bits per heavy atom. The van der Waals surface area contributed by atoms with Gasteiger partial charge in [0.05, 0.1) is 20.3 Å². The zero-order chi connectivity index (χ0) is 25.9. The summed E-state index contributed by atoms with van der Waals surface area (Å²) in [6.07, 6.45) is 5.10. The number of nitrogens with one attached hydrogen (secondary N) is 1. The molecule has 8 heteroatoms. The molecule has 3 rings (SSSR count). The number of rotatable bonds is 6. The van der Waals surface area contributed by atoms with Crippen LogP contribution in [0.3, 0.4) is 0 Å². The Morgan fingerprint density at radius 2 is 1.64 bits per heavy atom. The van der Waals surface area contributed by atoms with Crippen LogP contribution in [0.5, 0.6) is 17.2 Å². The standard InChI is InChI=1S/C28H35NO7/c1-19-8-7-11-22(30)10-6-4-5-9-20-16-24(34-3)17-25(27(20)28(32)36-19)35-18-26(31)29-21-12-14-23(33-2)15-13-21/h12-17,19H,4-11,18H2,1-3H3,(H,29,31)/t19-/m0/s1. The summed E-state index contributed by atoms with van der Waals surface area (Å²) < 4.78 is 22.1. The van der Waals surface area contributed by atoms with Gasteiger partial charge >= 0.3 is 5.97 Å². The smallest absolute Gasteiger partial charge is 0.342 e. The van der Waals surface area contributed by atoms with Crippen LogP contribution in [-0.2, 0) is 20.7 Å². The Labute approximate surface area is 212 Å². The second-order valence-corrected chi connectivity index (χ2v) is 8.93. The molecular weight excluding hydrogens is 462 g/mol. The molecule has 1 atom stereocenters. The topological polar surface area (TPSA) is 100 Å². The van der Waals surface area contributed by atoms with Crippen LogP contribution in [0.15, 0.2) is 36.4 Å². The second-order valence-electron chi connectivity index (χ2n) is 8.93. The Balaban J connectivity index is 1.80. The van der Waals surface area contributed by atoms with E-state index in [1.165, 1.54) is 7.11 Å². The molecule has 0 saturated heterocycles. The molecule has 0 saturated carbocycles. The molecule has 1 heterocycles. The van der Waals surface area contributed by atoms with Crippen LogP contribution >= 0.6 is 0 Å². The summed E-state index contributed by atoms with van der Waals surface area (Å²) >= 11 is 0. The second kappa shape index (κ2) is 13.5. The van der Waals surface area contributed by atoms with Gasteiger partial charge in [0.1, 0.15) is 28.6 Å². The molecule has 0 unspecified atom stereocenters. The molecule has 8 nitrogen and oxygen atoms in total. The number of methoxy groups -OCH3 is 2. The number of fused-ring (bicyclic) bond motifs is 1. The lowest BCUT2D eigenvalue weighted by atomic mass is 9.98. The monoisotopic (exact) mass is 497 g/mol. The molecule has 0 radical (unpaired) electrons. The van der Waals surface area contributed by atoms with Gasteiger partial charge in [0, 0.05) is 24.6 Å². The molecule has 36 heavy (non-hydrogen) atoms. The van der Waals surface area contributed by atoms with Gasteiger partial charge in [-0.2, -0.15) is 0 Å². The van der Waals surface area contributed by atoms with Crippen molar-refractivity contribution in [3.8, 4) is 17.2 Å². The van der Waals surface area contributed by atoms with E-state index in [9.17, 15) is 14.4 Å². The first-order valence-electron chi connectivity index (χ1n) is 12.4. The molecule has 0 bridgehead atoms. The Hall–Kier alpha value is -3.55. The molecule has 1 N–H and O–H groups in total. The lowest BCUT2D eigenvalue weighted by Gasteiger charge is -2.19. The van der Waals surface area contributed by atoms with Gasteiger partial charge in [-0.25, -0.2) is 4.79 Å². The van der Waals surface area contributed by atoms with Gasteiger partial charge in [-0.3, -0.25) is 9.59 Å². The van der Waals surface area contributed by atoms with Crippen molar-refractivity contribution in [3.63, 3.8) is 0 Å². The highest BCUT2D eigenvalue weighted by atomic mass is 16.5. The van der Waals surface area contributed by atoms with Crippen LogP contribution in [0.1, 0.15) is 67.8 Å². The van der Waals surface area contributed by atoms with E-state index in [4.69, 9.17) is 18.9 Å². The first kappa shape index (κ1) is 27.0. The van der Waals surface area contributed by atoms with Crippen molar-refractivity contribution in [3.05, 3.63) is 47.5 Å². The fraction of sp³-hybridized carbons (Fsp3) is 0.464. The normalized spacial score (nSPS) is 17.2. The van der Waals surface area contributed by atoms with Gasteiger partial charge in [-0.05, 0) is 74.9 Å². The van der Waals surface area contributed by atoms with Crippen LogP contribution in [-0.4, -0.2) is 44.6 Å². The highest BCUT2D eigenvalue weighted by Crippen LogP contribution is 2.32. The number of ether oxygens (including phenoxy) is 4. The number of amides is 1. The lowest BCUT2D eigenvalue weighted by molar-refractivity contribution is -0.119. The maximum atomic E-state index is 13.2. The third-order valence-corrected chi connectivity index (χ3v) is 6.11. The number of benzene rings is 2. The first-order chi connectivity index (χ1) is 17.4. The fourth-order valence-electron chi connectivity index (χ4n) is 4.15. The lowest BCUT2D eigenvalue weighted by Crippen LogP contribution is -2.22. The predicted octanol–water partition coefficient (Wildman–Crippen LogP) is 5.12. The number of cyclic esters (lactones) is 1. The average Bonchev–Trinajstić information content (AvgIpc) is 2.86. The quantitative estimate of drug-likeness (QED) is 0.553. The summed E-state index contributed by atoms with van der Waals surface area (Å²) in [7, 11) is 3.11. The van der Waals surface area contributed by atoms with Crippen molar-refractivity contribution >= 4 is 23.3 Å². The molecule has 0 fully saturated rings. The maximum absolute atomic E-state index is 13.2. The highest BCUT2D eigenvalue weighted by Gasteiger charge is 2.24. The summed E-state index contributed by atoms with van der Waals surface area (Å²) in [5, 5.41) is 2.77. The largest absolute Gasteiger partial charge is 0.497 e. The van der Waals surface area contributed by atoms with E-state index in [0.717, 1.165) is 24.8 Å². The van der Waals surface area contributed by atoms with Crippen LogP contribution in [0.2, 0.25) is 0 Å². The minimum atomic E-state index is -0.505. The average molecular weight is 498 g/mol. The highest BCUT2D eigenvalue weighted by molar-refractivity contribution is 5.95. The van der Waals surface area contributed by atoms with Gasteiger partial charge in [-0.1, -0.05) is 6.42 Å². The zero-order valence-corrected chi connectivity index (χ0v) is 21.3. The summed E-state index contributed by atoms with van der Waals surface area (Å²) in [5.41, 5.74) is 1.65. The molecule has 0 aliphatic carbocycles. The number of hydrogen-bond acceptors (Lipinski definition) is 7. The molecule has 2 aromatic carbocycles. The summed E-state index contributed by atoms with van der Waals surface area (Å²) in [5.74, 6) is 0.836. The number of carbonyl (C=O) groups is 3. The van der Waals surface area contributed by atoms with E-state index < -0.39 is 5.97 Å². The Kier molecular flexibility index (Phi) is 10.2. The van der Waals surface area contributed by atoms with Crippen molar-refractivity contribution in [2.45, 2.75) is 64.4 Å². The predicted molar refractivity (Wildman–Crippen MR) is 136 cm³/mol. The van der Waals surface area contributed by atoms with Gasteiger partial charge in [0.15, 0.2) is 6.61 Å². The number of hydrogen-bond donors (Lipinski definition) is 1. The first-order valence-corrected chi connectivity index (χ1v) is 12.4. The number of carbonyl (C=O) groups excluding carboxylic acids is 3.